The van der Waals surface area contributed by atoms with Crippen LogP contribution in [-0.4, -0.2) is 54.0 Å². The molecule has 0 bridgehead atoms. The highest BCUT2D eigenvalue weighted by atomic mass is 19.4. The molecule has 3 amide bonds. The molecule has 6 nitrogen and oxygen atoms in total. The van der Waals surface area contributed by atoms with Crippen LogP contribution in [0, 0.1) is 0 Å². The molecule has 1 saturated heterocycles. The molecule has 1 fully saturated rings. The average Bonchev–Trinajstić information content (AvgIpc) is 2.89. The Bertz CT molecular complexity index is 1180. The minimum Gasteiger partial charge on any atom is -0.338 e. The number of rotatable bonds is 7. The van der Waals surface area contributed by atoms with Crippen molar-refractivity contribution in [1.29, 1.82) is 0 Å². The van der Waals surface area contributed by atoms with E-state index >= 15 is 0 Å². The number of benzene rings is 3. The molecule has 1 aliphatic rings. The number of carbonyl (C=O) groups is 2. The van der Waals surface area contributed by atoms with Gasteiger partial charge in [0.25, 0.3) is 0 Å². The van der Waals surface area contributed by atoms with E-state index in [0.29, 0.717) is 26.2 Å². The molecule has 9 heteroatoms. The summed E-state index contributed by atoms with van der Waals surface area (Å²) in [4.78, 5) is 30.2. The molecule has 0 aromatic heterocycles. The minimum atomic E-state index is -4.53. The van der Waals surface area contributed by atoms with Crippen LogP contribution >= 0.6 is 0 Å². The van der Waals surface area contributed by atoms with E-state index in [1.54, 1.807) is 4.90 Å². The Morgan fingerprint density at radius 2 is 1.43 bits per heavy atom. The van der Waals surface area contributed by atoms with E-state index in [-0.39, 0.29) is 18.0 Å². The van der Waals surface area contributed by atoms with Gasteiger partial charge in [-0.05, 0) is 29.3 Å². The fraction of sp³-hybridized carbons (Fsp3) is 0.286. The number of nitrogens with zero attached hydrogens (tertiary/aromatic N) is 2. The molecule has 1 unspecified atom stereocenters. The van der Waals surface area contributed by atoms with E-state index in [0.717, 1.165) is 24.2 Å². The van der Waals surface area contributed by atoms with Crippen LogP contribution in [0.5, 0.6) is 0 Å². The largest absolute Gasteiger partial charge is 0.416 e. The number of halogens is 3. The van der Waals surface area contributed by atoms with Gasteiger partial charge in [0.05, 0.1) is 5.56 Å². The summed E-state index contributed by atoms with van der Waals surface area (Å²) >= 11 is 0. The van der Waals surface area contributed by atoms with Crippen molar-refractivity contribution >= 4 is 17.6 Å². The maximum atomic E-state index is 13.5. The molecule has 0 aliphatic carbocycles. The van der Waals surface area contributed by atoms with Gasteiger partial charge in [-0.3, -0.25) is 9.69 Å². The van der Waals surface area contributed by atoms with Crippen LogP contribution in [0.3, 0.4) is 0 Å². The molecule has 0 radical (unpaired) electrons. The van der Waals surface area contributed by atoms with Gasteiger partial charge in [-0.1, -0.05) is 66.7 Å². The first-order chi connectivity index (χ1) is 17.8. The van der Waals surface area contributed by atoms with Crippen molar-refractivity contribution in [3.8, 4) is 0 Å². The fourth-order valence-electron chi connectivity index (χ4n) is 4.34. The van der Waals surface area contributed by atoms with Crippen molar-refractivity contribution in [3.05, 3.63) is 102 Å². The van der Waals surface area contributed by atoms with Gasteiger partial charge in [-0.2, -0.15) is 13.2 Å². The van der Waals surface area contributed by atoms with Crippen LogP contribution in [0.4, 0.5) is 23.7 Å². The Labute approximate surface area is 214 Å². The van der Waals surface area contributed by atoms with Crippen molar-refractivity contribution in [2.45, 2.75) is 25.2 Å². The molecular weight excluding hydrogens is 481 g/mol. The van der Waals surface area contributed by atoms with Crippen LogP contribution < -0.4 is 10.6 Å². The van der Waals surface area contributed by atoms with Crippen LogP contribution in [-0.2, 0) is 23.9 Å². The number of carbonyl (C=O) groups excluding carboxylic acids is 2. The highest BCUT2D eigenvalue weighted by molar-refractivity contribution is 5.94. The monoisotopic (exact) mass is 510 g/mol. The molecule has 194 valence electrons. The molecule has 1 aliphatic heterocycles. The van der Waals surface area contributed by atoms with Crippen LogP contribution in [0.15, 0.2) is 84.9 Å². The molecule has 1 heterocycles. The lowest BCUT2D eigenvalue weighted by Gasteiger charge is -2.36. The summed E-state index contributed by atoms with van der Waals surface area (Å²) in [6.45, 7) is 3.25. The van der Waals surface area contributed by atoms with Crippen molar-refractivity contribution < 1.29 is 22.8 Å². The first-order valence-electron chi connectivity index (χ1n) is 12.1. The van der Waals surface area contributed by atoms with Gasteiger partial charge in [0.2, 0.25) is 5.91 Å². The number of alkyl halides is 3. The van der Waals surface area contributed by atoms with Gasteiger partial charge in [0.15, 0.2) is 0 Å². The highest BCUT2D eigenvalue weighted by Crippen LogP contribution is 2.30. The molecule has 0 spiro atoms. The quantitative estimate of drug-likeness (QED) is 0.481. The van der Waals surface area contributed by atoms with Gasteiger partial charge in [-0.25, -0.2) is 4.79 Å². The predicted molar refractivity (Wildman–Crippen MR) is 136 cm³/mol. The number of hydrogen-bond donors (Lipinski definition) is 2. The van der Waals surface area contributed by atoms with Gasteiger partial charge in [0.1, 0.15) is 6.04 Å². The summed E-state index contributed by atoms with van der Waals surface area (Å²) < 4.78 is 39.1. The van der Waals surface area contributed by atoms with E-state index in [4.69, 9.17) is 0 Å². The van der Waals surface area contributed by atoms with E-state index in [1.165, 1.54) is 17.7 Å². The van der Waals surface area contributed by atoms with Gasteiger partial charge in [-0.15, -0.1) is 0 Å². The van der Waals surface area contributed by atoms with Crippen LogP contribution in [0.2, 0.25) is 0 Å². The Kier molecular flexibility index (Phi) is 8.45. The smallest absolute Gasteiger partial charge is 0.338 e. The molecule has 2 N–H and O–H groups in total. The molecule has 3 aromatic rings. The Morgan fingerprint density at radius 3 is 2.05 bits per heavy atom. The zero-order chi connectivity index (χ0) is 26.3. The molecule has 3 aromatic carbocycles. The highest BCUT2D eigenvalue weighted by Gasteiger charge is 2.31. The second-order valence-electron chi connectivity index (χ2n) is 9.01. The second kappa shape index (κ2) is 11.9. The first kappa shape index (κ1) is 26.2. The van der Waals surface area contributed by atoms with Crippen molar-refractivity contribution in [2.75, 3.05) is 31.5 Å². The van der Waals surface area contributed by atoms with Crippen LogP contribution in [0.25, 0.3) is 0 Å². The number of amides is 3. The van der Waals surface area contributed by atoms with E-state index < -0.39 is 23.8 Å². The standard InChI is InChI=1S/C28H29F3N4O2/c29-28(30,31)23-12-7-13-24(19-23)32-27(37)33-25(18-21-8-3-1-4-9-21)26(36)35-16-14-34(15-17-35)20-22-10-5-2-6-11-22/h1-13,19,25H,14-18,20H2,(H2,32,33,37). The van der Waals surface area contributed by atoms with Crippen LogP contribution in [0.1, 0.15) is 16.7 Å². The van der Waals surface area contributed by atoms with Crippen molar-refractivity contribution in [1.82, 2.24) is 15.1 Å². The number of urea groups is 1. The normalized spacial score (nSPS) is 15.2. The topological polar surface area (TPSA) is 64.7 Å². The van der Waals surface area contributed by atoms with E-state index in [2.05, 4.69) is 27.7 Å². The maximum Gasteiger partial charge on any atom is 0.416 e. The average molecular weight is 511 g/mol. The summed E-state index contributed by atoms with van der Waals surface area (Å²) in [6, 6.07) is 22.2. The number of piperazine rings is 1. The minimum absolute atomic E-state index is 0.00670. The molecular formula is C28H29F3N4O2. The zero-order valence-corrected chi connectivity index (χ0v) is 20.2. The summed E-state index contributed by atoms with van der Waals surface area (Å²) in [5, 5.41) is 5.12. The summed E-state index contributed by atoms with van der Waals surface area (Å²) in [5.41, 5.74) is 1.20. The summed E-state index contributed by atoms with van der Waals surface area (Å²) in [6.07, 6.45) is -4.26. The summed E-state index contributed by atoms with van der Waals surface area (Å²) in [5.74, 6) is -0.220. The van der Waals surface area contributed by atoms with Gasteiger partial charge < -0.3 is 15.5 Å². The Hall–Kier alpha value is -3.85. The number of anilines is 1. The number of nitrogens with one attached hydrogen (secondary N) is 2. The third kappa shape index (κ3) is 7.57. The lowest BCUT2D eigenvalue weighted by atomic mass is 10.0. The maximum absolute atomic E-state index is 13.5. The lowest BCUT2D eigenvalue weighted by Crippen LogP contribution is -2.55. The third-order valence-corrected chi connectivity index (χ3v) is 6.27. The number of hydrogen-bond acceptors (Lipinski definition) is 3. The molecule has 1 atom stereocenters. The molecule has 0 saturated carbocycles. The Morgan fingerprint density at radius 1 is 0.811 bits per heavy atom. The van der Waals surface area contributed by atoms with Crippen molar-refractivity contribution in [3.63, 3.8) is 0 Å². The van der Waals surface area contributed by atoms with E-state index in [9.17, 15) is 22.8 Å². The molecule has 37 heavy (non-hydrogen) atoms. The molecule has 4 rings (SSSR count). The zero-order valence-electron chi connectivity index (χ0n) is 20.2. The van der Waals surface area contributed by atoms with E-state index in [1.807, 2.05) is 48.5 Å². The first-order valence-corrected chi connectivity index (χ1v) is 12.1. The Balaban J connectivity index is 1.40. The fourth-order valence-corrected chi connectivity index (χ4v) is 4.34. The summed E-state index contributed by atoms with van der Waals surface area (Å²) in [7, 11) is 0. The predicted octanol–water partition coefficient (Wildman–Crippen LogP) is 4.78. The lowest BCUT2D eigenvalue weighted by molar-refractivity contribution is -0.137. The second-order valence-corrected chi connectivity index (χ2v) is 9.01. The van der Waals surface area contributed by atoms with Gasteiger partial charge >= 0.3 is 12.2 Å². The van der Waals surface area contributed by atoms with Gasteiger partial charge in [0, 0.05) is 44.8 Å². The SMILES string of the molecule is O=C(Nc1cccc(C(F)(F)F)c1)NC(Cc1ccccc1)C(=O)N1CCN(Cc2ccccc2)CC1. The van der Waals surface area contributed by atoms with Crippen molar-refractivity contribution in [2.24, 2.45) is 0 Å². The third-order valence-electron chi connectivity index (χ3n) is 6.27.